The van der Waals surface area contributed by atoms with E-state index in [-0.39, 0.29) is 5.91 Å². The zero-order valence-corrected chi connectivity index (χ0v) is 11.7. The van der Waals surface area contributed by atoms with Crippen molar-refractivity contribution in [1.82, 2.24) is 5.32 Å². The van der Waals surface area contributed by atoms with Gasteiger partial charge in [-0.15, -0.1) is 11.3 Å². The zero-order valence-electron chi connectivity index (χ0n) is 9.26. The normalized spacial score (nSPS) is 11.5. The molecule has 0 aliphatic carbocycles. The van der Waals surface area contributed by atoms with Crippen molar-refractivity contribution >= 4 is 33.2 Å². The van der Waals surface area contributed by atoms with Crippen molar-refractivity contribution in [3.8, 4) is 0 Å². The molecule has 2 nitrogen and oxygen atoms in total. The highest BCUT2D eigenvalue weighted by atomic mass is 79.9. The summed E-state index contributed by atoms with van der Waals surface area (Å²) < 4.78 is -0.488. The van der Waals surface area contributed by atoms with Gasteiger partial charge >= 0.3 is 0 Å². The molecule has 1 aromatic rings. The predicted molar refractivity (Wildman–Crippen MR) is 68.5 cm³/mol. The van der Waals surface area contributed by atoms with E-state index in [1.54, 1.807) is 11.3 Å². The van der Waals surface area contributed by atoms with Gasteiger partial charge in [-0.25, -0.2) is 0 Å². The second-order valence-corrected chi connectivity index (χ2v) is 7.11. The molecule has 0 aliphatic heterocycles. The van der Waals surface area contributed by atoms with E-state index in [0.717, 1.165) is 6.42 Å². The van der Waals surface area contributed by atoms with Crippen molar-refractivity contribution in [3.05, 3.63) is 21.9 Å². The highest BCUT2D eigenvalue weighted by Crippen LogP contribution is 2.18. The van der Waals surface area contributed by atoms with Crippen LogP contribution >= 0.6 is 27.3 Å². The minimum Gasteiger partial charge on any atom is -0.350 e. The summed E-state index contributed by atoms with van der Waals surface area (Å²) in [5.41, 5.74) is 0. The maximum atomic E-state index is 11.6. The van der Waals surface area contributed by atoms with E-state index in [0.29, 0.717) is 6.54 Å². The van der Waals surface area contributed by atoms with Gasteiger partial charge in [0.2, 0.25) is 5.91 Å². The third kappa shape index (κ3) is 3.95. The number of rotatable bonds is 4. The number of alkyl halides is 1. The third-order valence-corrected chi connectivity index (χ3v) is 3.62. The summed E-state index contributed by atoms with van der Waals surface area (Å²) in [6, 6.07) is 4.19. The molecule has 15 heavy (non-hydrogen) atoms. The Morgan fingerprint density at radius 1 is 1.47 bits per heavy atom. The monoisotopic (exact) mass is 289 g/mol. The lowest BCUT2D eigenvalue weighted by Gasteiger charge is -2.15. The first-order valence-electron chi connectivity index (χ1n) is 4.98. The Morgan fingerprint density at radius 2 is 2.07 bits per heavy atom. The van der Waals surface area contributed by atoms with Gasteiger partial charge in [-0.05, 0) is 32.4 Å². The molecule has 0 fully saturated rings. The molecule has 1 rings (SSSR count). The van der Waals surface area contributed by atoms with Gasteiger partial charge in [-0.1, -0.05) is 22.9 Å². The number of halogens is 1. The minimum atomic E-state index is -0.488. The van der Waals surface area contributed by atoms with Gasteiger partial charge < -0.3 is 5.32 Å². The Morgan fingerprint density at radius 3 is 2.53 bits per heavy atom. The van der Waals surface area contributed by atoms with Crippen LogP contribution in [-0.4, -0.2) is 10.2 Å². The Labute approximate surface area is 103 Å². The molecule has 0 bridgehead atoms. The highest BCUT2D eigenvalue weighted by molar-refractivity contribution is 9.10. The number of nitrogens with one attached hydrogen (secondary N) is 1. The molecule has 0 atom stereocenters. The van der Waals surface area contributed by atoms with Crippen LogP contribution in [0, 0.1) is 0 Å². The molecule has 1 amide bonds. The average Bonchev–Trinajstić information content (AvgIpc) is 2.60. The van der Waals surface area contributed by atoms with Crippen LogP contribution in [0.25, 0.3) is 0 Å². The van der Waals surface area contributed by atoms with E-state index in [1.807, 2.05) is 13.8 Å². The molecular formula is C11H16BrNOS. The van der Waals surface area contributed by atoms with Crippen LogP contribution < -0.4 is 5.32 Å². The Kier molecular flexibility index (Phi) is 4.34. The van der Waals surface area contributed by atoms with Crippen molar-refractivity contribution < 1.29 is 4.79 Å². The fraction of sp³-hybridized carbons (Fsp3) is 0.545. The van der Waals surface area contributed by atoms with Gasteiger partial charge in [0, 0.05) is 9.75 Å². The van der Waals surface area contributed by atoms with Crippen molar-refractivity contribution in [3.63, 3.8) is 0 Å². The summed E-state index contributed by atoms with van der Waals surface area (Å²) in [5, 5.41) is 2.90. The maximum absolute atomic E-state index is 11.6. The maximum Gasteiger partial charge on any atom is 0.236 e. The zero-order chi connectivity index (χ0) is 11.5. The summed E-state index contributed by atoms with van der Waals surface area (Å²) in [6.07, 6.45) is 1.06. The standard InChI is InChI=1S/C11H16BrNOS/c1-4-8-5-6-9(15-8)7-13-10(14)11(2,3)12/h5-6H,4,7H2,1-3H3,(H,13,14). The van der Waals surface area contributed by atoms with Crippen molar-refractivity contribution in [2.24, 2.45) is 0 Å². The van der Waals surface area contributed by atoms with E-state index in [9.17, 15) is 4.79 Å². The van der Waals surface area contributed by atoms with E-state index in [1.165, 1.54) is 9.75 Å². The molecule has 0 saturated carbocycles. The predicted octanol–water partition coefficient (Wildman–Crippen LogP) is 3.10. The van der Waals surface area contributed by atoms with Gasteiger partial charge in [0.1, 0.15) is 0 Å². The molecule has 84 valence electrons. The van der Waals surface area contributed by atoms with Crippen molar-refractivity contribution in [2.75, 3.05) is 0 Å². The lowest BCUT2D eigenvalue weighted by Crippen LogP contribution is -2.36. The Balaban J connectivity index is 2.47. The van der Waals surface area contributed by atoms with Crippen LogP contribution in [0.15, 0.2) is 12.1 Å². The van der Waals surface area contributed by atoms with Crippen LogP contribution in [0.3, 0.4) is 0 Å². The third-order valence-electron chi connectivity index (χ3n) is 2.03. The van der Waals surface area contributed by atoms with Crippen LogP contribution in [-0.2, 0) is 17.8 Å². The van der Waals surface area contributed by atoms with Gasteiger partial charge in [0.25, 0.3) is 0 Å². The summed E-state index contributed by atoms with van der Waals surface area (Å²) in [5.74, 6) is 0.0222. The SMILES string of the molecule is CCc1ccc(CNC(=O)C(C)(C)Br)s1. The first-order valence-corrected chi connectivity index (χ1v) is 6.59. The second kappa shape index (κ2) is 5.12. The molecule has 0 aliphatic rings. The number of thiophene rings is 1. The molecule has 0 radical (unpaired) electrons. The number of hydrogen-bond donors (Lipinski definition) is 1. The number of hydrogen-bond acceptors (Lipinski definition) is 2. The van der Waals surface area contributed by atoms with Gasteiger partial charge in [-0.2, -0.15) is 0 Å². The van der Waals surface area contributed by atoms with Crippen LogP contribution in [0.2, 0.25) is 0 Å². The quantitative estimate of drug-likeness (QED) is 0.848. The van der Waals surface area contributed by atoms with E-state index < -0.39 is 4.32 Å². The molecule has 1 aromatic heterocycles. The Bertz CT molecular complexity index is 341. The van der Waals surface area contributed by atoms with Crippen molar-refractivity contribution in [2.45, 2.75) is 38.1 Å². The number of amides is 1. The molecule has 0 aromatic carbocycles. The van der Waals surface area contributed by atoms with Gasteiger partial charge in [-0.3, -0.25) is 4.79 Å². The van der Waals surface area contributed by atoms with E-state index >= 15 is 0 Å². The fourth-order valence-electron chi connectivity index (χ4n) is 1.08. The second-order valence-electron chi connectivity index (χ2n) is 3.88. The fourth-order valence-corrected chi connectivity index (χ4v) is 2.12. The van der Waals surface area contributed by atoms with Crippen LogP contribution in [0.1, 0.15) is 30.5 Å². The first-order chi connectivity index (χ1) is 6.93. The lowest BCUT2D eigenvalue weighted by atomic mass is 10.2. The van der Waals surface area contributed by atoms with Crippen LogP contribution in [0.5, 0.6) is 0 Å². The van der Waals surface area contributed by atoms with Crippen molar-refractivity contribution in [1.29, 1.82) is 0 Å². The molecule has 1 heterocycles. The highest BCUT2D eigenvalue weighted by Gasteiger charge is 2.22. The summed E-state index contributed by atoms with van der Waals surface area (Å²) in [4.78, 5) is 14.1. The van der Waals surface area contributed by atoms with E-state index in [2.05, 4.69) is 40.3 Å². The summed E-state index contributed by atoms with van der Waals surface area (Å²) in [7, 11) is 0. The molecule has 1 N–H and O–H groups in total. The number of aryl methyl sites for hydroxylation is 1. The van der Waals surface area contributed by atoms with Gasteiger partial charge in [0.05, 0.1) is 10.9 Å². The van der Waals surface area contributed by atoms with E-state index in [4.69, 9.17) is 0 Å². The summed E-state index contributed by atoms with van der Waals surface area (Å²) in [6.45, 7) is 6.44. The minimum absolute atomic E-state index is 0.0222. The average molecular weight is 290 g/mol. The number of carbonyl (C=O) groups excluding carboxylic acids is 1. The molecule has 0 saturated heterocycles. The van der Waals surface area contributed by atoms with Gasteiger partial charge in [0.15, 0.2) is 0 Å². The topological polar surface area (TPSA) is 29.1 Å². The molecule has 4 heteroatoms. The largest absolute Gasteiger partial charge is 0.350 e. The smallest absolute Gasteiger partial charge is 0.236 e. The first kappa shape index (κ1) is 12.7. The Hall–Kier alpha value is -0.350. The summed E-state index contributed by atoms with van der Waals surface area (Å²) >= 11 is 5.08. The van der Waals surface area contributed by atoms with Crippen LogP contribution in [0.4, 0.5) is 0 Å². The molecular weight excluding hydrogens is 274 g/mol. The number of carbonyl (C=O) groups is 1. The molecule has 0 spiro atoms. The molecule has 0 unspecified atom stereocenters. The lowest BCUT2D eigenvalue weighted by molar-refractivity contribution is -0.122.